The van der Waals surface area contributed by atoms with Crippen molar-refractivity contribution in [3.63, 3.8) is 0 Å². The zero-order chi connectivity index (χ0) is 21.3. The first kappa shape index (κ1) is 21.3. The third kappa shape index (κ3) is 4.12. The van der Waals surface area contributed by atoms with Crippen LogP contribution in [0.25, 0.3) is 0 Å². The number of ether oxygens (including phenoxy) is 1. The number of methoxy groups -OCH3 is 1. The number of nitrogens with zero attached hydrogens (tertiary/aromatic N) is 5. The molecule has 0 saturated carbocycles. The average molecular weight is 450 g/mol. The van der Waals surface area contributed by atoms with Gasteiger partial charge in [0.15, 0.2) is 5.82 Å². The van der Waals surface area contributed by atoms with Crippen LogP contribution >= 0.6 is 23.2 Å². The van der Waals surface area contributed by atoms with Gasteiger partial charge in [-0.2, -0.15) is 5.10 Å². The number of hydrogen-bond acceptors (Lipinski definition) is 5. The molecule has 0 radical (unpaired) electrons. The standard InChI is InChI=1S/C21H25Cl2N5O2/c1-14-19(21(29)27-9-7-26(8-10-27)11-12-30-2)20(28-18(25-14)5-6-24-28)15-3-4-16(22)17(23)13-15/h3-6,13,19-20H,7-12H2,1-2H3. The number of carbonyl (C=O) groups is 1. The summed E-state index contributed by atoms with van der Waals surface area (Å²) in [5.41, 5.74) is 1.67. The first-order valence-corrected chi connectivity index (χ1v) is 10.8. The second kappa shape index (κ2) is 9.06. The van der Waals surface area contributed by atoms with Crippen molar-refractivity contribution in [3.05, 3.63) is 46.1 Å². The number of aromatic nitrogens is 2. The van der Waals surface area contributed by atoms with Crippen molar-refractivity contribution in [1.82, 2.24) is 19.6 Å². The molecule has 1 aromatic heterocycles. The van der Waals surface area contributed by atoms with Crippen LogP contribution in [-0.2, 0) is 9.53 Å². The molecular weight excluding hydrogens is 425 g/mol. The smallest absolute Gasteiger partial charge is 0.233 e. The third-order valence-electron chi connectivity index (χ3n) is 5.82. The number of rotatable bonds is 5. The van der Waals surface area contributed by atoms with E-state index in [9.17, 15) is 4.79 Å². The molecule has 2 aliphatic rings. The van der Waals surface area contributed by atoms with Gasteiger partial charge in [-0.25, -0.2) is 9.67 Å². The Morgan fingerprint density at radius 2 is 1.93 bits per heavy atom. The lowest BCUT2D eigenvalue weighted by molar-refractivity contribution is -0.136. The van der Waals surface area contributed by atoms with Crippen molar-refractivity contribution < 1.29 is 9.53 Å². The number of hydrogen-bond donors (Lipinski definition) is 0. The van der Waals surface area contributed by atoms with Crippen molar-refractivity contribution in [1.29, 1.82) is 0 Å². The quantitative estimate of drug-likeness (QED) is 0.702. The number of benzene rings is 1. The van der Waals surface area contributed by atoms with E-state index in [0.717, 1.165) is 36.7 Å². The molecule has 0 aliphatic carbocycles. The van der Waals surface area contributed by atoms with Gasteiger partial charge in [-0.15, -0.1) is 0 Å². The summed E-state index contributed by atoms with van der Waals surface area (Å²) in [6.45, 7) is 6.54. The Bertz CT molecular complexity index is 953. The summed E-state index contributed by atoms with van der Waals surface area (Å²) in [7, 11) is 1.71. The molecule has 1 amide bonds. The summed E-state index contributed by atoms with van der Waals surface area (Å²) < 4.78 is 6.98. The summed E-state index contributed by atoms with van der Waals surface area (Å²) in [5, 5.41) is 5.41. The van der Waals surface area contributed by atoms with Gasteiger partial charge in [0, 0.05) is 51.6 Å². The molecule has 0 spiro atoms. The monoisotopic (exact) mass is 449 g/mol. The molecule has 0 bridgehead atoms. The molecule has 2 unspecified atom stereocenters. The largest absolute Gasteiger partial charge is 0.383 e. The highest BCUT2D eigenvalue weighted by Crippen LogP contribution is 2.38. The molecule has 30 heavy (non-hydrogen) atoms. The van der Waals surface area contributed by atoms with E-state index in [1.54, 1.807) is 19.4 Å². The SMILES string of the molecule is COCCN1CCN(C(=O)C2C(C)=Nc3ccnn3C2c2ccc(Cl)c(Cl)c2)CC1. The molecule has 3 heterocycles. The normalized spacial score (nSPS) is 22.0. The summed E-state index contributed by atoms with van der Waals surface area (Å²) in [5.74, 6) is 0.358. The van der Waals surface area contributed by atoms with Crippen LogP contribution in [0.15, 0.2) is 35.5 Å². The Labute approximate surface area is 186 Å². The molecule has 9 heteroatoms. The Balaban J connectivity index is 1.62. The van der Waals surface area contributed by atoms with Gasteiger partial charge in [0.25, 0.3) is 0 Å². The van der Waals surface area contributed by atoms with Gasteiger partial charge in [-0.3, -0.25) is 9.69 Å². The fourth-order valence-corrected chi connectivity index (χ4v) is 4.49. The molecule has 2 atom stereocenters. The van der Waals surface area contributed by atoms with Crippen LogP contribution in [0.5, 0.6) is 0 Å². The minimum Gasteiger partial charge on any atom is -0.383 e. The molecule has 160 valence electrons. The van der Waals surface area contributed by atoms with E-state index < -0.39 is 5.92 Å². The summed E-state index contributed by atoms with van der Waals surface area (Å²) in [6, 6.07) is 7.03. The van der Waals surface area contributed by atoms with E-state index in [2.05, 4.69) is 15.0 Å². The van der Waals surface area contributed by atoms with Crippen LogP contribution < -0.4 is 0 Å². The van der Waals surface area contributed by atoms with E-state index in [-0.39, 0.29) is 11.9 Å². The topological polar surface area (TPSA) is 63.0 Å². The van der Waals surface area contributed by atoms with Gasteiger partial charge in [0.2, 0.25) is 5.91 Å². The zero-order valence-electron chi connectivity index (χ0n) is 17.1. The number of fused-ring (bicyclic) bond motifs is 1. The fourth-order valence-electron chi connectivity index (χ4n) is 4.18. The van der Waals surface area contributed by atoms with E-state index >= 15 is 0 Å². The second-order valence-electron chi connectivity index (χ2n) is 7.64. The lowest BCUT2D eigenvalue weighted by Crippen LogP contribution is -2.53. The predicted octanol–water partition coefficient (Wildman–Crippen LogP) is 3.29. The lowest BCUT2D eigenvalue weighted by Gasteiger charge is -2.39. The predicted molar refractivity (Wildman–Crippen MR) is 118 cm³/mol. The van der Waals surface area contributed by atoms with Crippen molar-refractivity contribution in [2.45, 2.75) is 13.0 Å². The third-order valence-corrected chi connectivity index (χ3v) is 6.56. The first-order chi connectivity index (χ1) is 14.5. The maximum atomic E-state index is 13.7. The molecule has 1 fully saturated rings. The van der Waals surface area contributed by atoms with Crippen LogP contribution in [0, 0.1) is 5.92 Å². The van der Waals surface area contributed by atoms with Gasteiger partial charge in [0.05, 0.1) is 28.9 Å². The Morgan fingerprint density at radius 3 is 2.63 bits per heavy atom. The van der Waals surface area contributed by atoms with Crippen LogP contribution in [0.3, 0.4) is 0 Å². The van der Waals surface area contributed by atoms with Crippen molar-refractivity contribution in [2.24, 2.45) is 10.9 Å². The Morgan fingerprint density at radius 1 is 1.17 bits per heavy atom. The minimum atomic E-state index is -0.444. The van der Waals surface area contributed by atoms with Crippen LogP contribution in [-0.4, -0.2) is 77.6 Å². The molecule has 4 rings (SSSR count). The highest BCUT2D eigenvalue weighted by molar-refractivity contribution is 6.42. The van der Waals surface area contributed by atoms with Gasteiger partial charge in [-0.05, 0) is 24.6 Å². The van der Waals surface area contributed by atoms with Crippen LogP contribution in [0.1, 0.15) is 18.5 Å². The van der Waals surface area contributed by atoms with Crippen molar-refractivity contribution in [2.75, 3.05) is 46.4 Å². The summed E-state index contributed by atoms with van der Waals surface area (Å²) >= 11 is 12.4. The van der Waals surface area contributed by atoms with E-state index in [4.69, 9.17) is 27.9 Å². The maximum Gasteiger partial charge on any atom is 0.233 e. The van der Waals surface area contributed by atoms with Gasteiger partial charge >= 0.3 is 0 Å². The van der Waals surface area contributed by atoms with Gasteiger partial charge in [0.1, 0.15) is 5.92 Å². The Hall–Kier alpha value is -1.93. The second-order valence-corrected chi connectivity index (χ2v) is 8.46. The number of amides is 1. The first-order valence-electron chi connectivity index (χ1n) is 10.0. The van der Waals surface area contributed by atoms with Gasteiger partial charge in [-0.1, -0.05) is 29.3 Å². The zero-order valence-corrected chi connectivity index (χ0v) is 18.6. The minimum absolute atomic E-state index is 0.0693. The highest BCUT2D eigenvalue weighted by Gasteiger charge is 2.40. The van der Waals surface area contributed by atoms with Crippen molar-refractivity contribution in [3.8, 4) is 0 Å². The number of aliphatic imine (C=N–C) groups is 1. The van der Waals surface area contributed by atoms with Crippen molar-refractivity contribution >= 4 is 40.6 Å². The van der Waals surface area contributed by atoms with E-state index in [0.29, 0.717) is 29.7 Å². The summed E-state index contributed by atoms with van der Waals surface area (Å²) in [6.07, 6.45) is 1.71. The number of piperazine rings is 1. The molecule has 2 aromatic rings. The van der Waals surface area contributed by atoms with Crippen LogP contribution in [0.2, 0.25) is 10.0 Å². The fraction of sp³-hybridized carbons (Fsp3) is 0.476. The highest BCUT2D eigenvalue weighted by atomic mass is 35.5. The average Bonchev–Trinajstić information content (AvgIpc) is 3.21. The number of halogens is 2. The van der Waals surface area contributed by atoms with E-state index in [1.165, 1.54) is 0 Å². The molecule has 2 aliphatic heterocycles. The lowest BCUT2D eigenvalue weighted by atomic mass is 9.87. The molecular formula is C21H25Cl2N5O2. The van der Waals surface area contributed by atoms with Gasteiger partial charge < -0.3 is 9.64 Å². The van der Waals surface area contributed by atoms with Crippen LogP contribution in [0.4, 0.5) is 5.82 Å². The molecule has 7 nitrogen and oxygen atoms in total. The van der Waals surface area contributed by atoms with E-state index in [1.807, 2.05) is 34.7 Å². The Kier molecular flexibility index (Phi) is 6.43. The number of carbonyl (C=O) groups excluding carboxylic acids is 1. The molecule has 1 aromatic carbocycles. The summed E-state index contributed by atoms with van der Waals surface area (Å²) in [4.78, 5) is 22.6. The molecule has 1 saturated heterocycles. The molecule has 0 N–H and O–H groups in total. The maximum absolute atomic E-state index is 13.7.